The van der Waals surface area contributed by atoms with Gasteiger partial charge in [-0.25, -0.2) is 4.98 Å². The van der Waals surface area contributed by atoms with E-state index in [1.54, 1.807) is 12.1 Å². The first kappa shape index (κ1) is 25.0. The highest BCUT2D eigenvalue weighted by Gasteiger charge is 2.12. The third-order valence-corrected chi connectivity index (χ3v) is 6.22. The summed E-state index contributed by atoms with van der Waals surface area (Å²) in [6.07, 6.45) is 1.07. The molecule has 6 nitrogen and oxygen atoms in total. The SMILES string of the molecule is CC[C@H](C)c1ccc2oc(-c3ccc(NC(=S)NC(=O)COc4ccc(Cl)cc4Cl)cc3)nc2c1. The van der Waals surface area contributed by atoms with Crippen molar-refractivity contribution >= 4 is 63.2 Å². The van der Waals surface area contributed by atoms with E-state index in [0.717, 1.165) is 23.1 Å². The second-order valence-electron chi connectivity index (χ2n) is 8.00. The average molecular weight is 528 g/mol. The van der Waals surface area contributed by atoms with Gasteiger partial charge in [-0.05, 0) is 84.7 Å². The van der Waals surface area contributed by atoms with E-state index >= 15 is 0 Å². The second kappa shape index (κ2) is 11.1. The molecule has 9 heteroatoms. The van der Waals surface area contributed by atoms with Crippen LogP contribution in [0.4, 0.5) is 5.69 Å². The second-order valence-corrected chi connectivity index (χ2v) is 9.25. The number of anilines is 1. The molecule has 180 valence electrons. The minimum Gasteiger partial charge on any atom is -0.482 e. The fourth-order valence-electron chi connectivity index (χ4n) is 3.37. The van der Waals surface area contributed by atoms with Crippen molar-refractivity contribution in [3.63, 3.8) is 0 Å². The number of hydrogen-bond donors (Lipinski definition) is 2. The number of oxazole rings is 1. The summed E-state index contributed by atoms with van der Waals surface area (Å²) in [6, 6.07) is 18.3. The number of amides is 1. The molecule has 4 aromatic rings. The van der Waals surface area contributed by atoms with Gasteiger partial charge in [-0.3, -0.25) is 10.1 Å². The van der Waals surface area contributed by atoms with E-state index in [4.69, 9.17) is 44.6 Å². The standard InChI is InChI=1S/C26H23Cl2N3O3S/c1-3-15(2)17-6-10-23-21(12-17)30-25(34-23)16-4-8-19(9-5-16)29-26(35)31-24(32)14-33-22-11-7-18(27)13-20(22)28/h4-13,15H,3,14H2,1-2H3,(H2,29,31,32,35)/t15-/m0/s1. The first-order valence-electron chi connectivity index (χ1n) is 11.0. The Labute approximate surface area is 218 Å². The number of carbonyl (C=O) groups is 1. The zero-order chi connectivity index (χ0) is 24.9. The van der Waals surface area contributed by atoms with Gasteiger partial charge in [-0.2, -0.15) is 0 Å². The largest absolute Gasteiger partial charge is 0.482 e. The molecule has 1 heterocycles. The van der Waals surface area contributed by atoms with Crippen LogP contribution in [-0.4, -0.2) is 22.6 Å². The highest BCUT2D eigenvalue weighted by Crippen LogP contribution is 2.29. The molecule has 0 aliphatic rings. The van der Waals surface area contributed by atoms with Crippen molar-refractivity contribution in [2.24, 2.45) is 0 Å². The Morgan fingerprint density at radius 1 is 1.11 bits per heavy atom. The van der Waals surface area contributed by atoms with Gasteiger partial charge in [0, 0.05) is 16.3 Å². The topological polar surface area (TPSA) is 76.4 Å². The fourth-order valence-corrected chi connectivity index (χ4v) is 4.06. The number of nitrogens with zero attached hydrogens (tertiary/aromatic N) is 1. The summed E-state index contributed by atoms with van der Waals surface area (Å²) in [5.41, 5.74) is 4.37. The summed E-state index contributed by atoms with van der Waals surface area (Å²) in [5.74, 6) is 0.946. The monoisotopic (exact) mass is 527 g/mol. The zero-order valence-corrected chi connectivity index (χ0v) is 21.4. The minimum absolute atomic E-state index is 0.146. The van der Waals surface area contributed by atoms with Crippen molar-refractivity contribution in [1.82, 2.24) is 10.3 Å². The molecule has 0 spiro atoms. The summed E-state index contributed by atoms with van der Waals surface area (Å²) in [6.45, 7) is 4.11. The summed E-state index contributed by atoms with van der Waals surface area (Å²) in [7, 11) is 0. The molecule has 0 unspecified atom stereocenters. The highest BCUT2D eigenvalue weighted by atomic mass is 35.5. The molecule has 0 aliphatic heterocycles. The molecule has 0 bridgehead atoms. The predicted octanol–water partition coefficient (Wildman–Crippen LogP) is 7.21. The maximum Gasteiger partial charge on any atom is 0.264 e. The smallest absolute Gasteiger partial charge is 0.264 e. The third-order valence-electron chi connectivity index (χ3n) is 5.49. The van der Waals surface area contributed by atoms with Crippen molar-refractivity contribution in [3.05, 3.63) is 76.3 Å². The van der Waals surface area contributed by atoms with E-state index in [9.17, 15) is 4.79 Å². The van der Waals surface area contributed by atoms with Crippen LogP contribution in [0.3, 0.4) is 0 Å². The number of ether oxygens (including phenoxy) is 1. The van der Waals surface area contributed by atoms with Crippen LogP contribution in [0.5, 0.6) is 5.75 Å². The lowest BCUT2D eigenvalue weighted by atomic mass is 9.98. The van der Waals surface area contributed by atoms with E-state index in [1.165, 1.54) is 11.6 Å². The van der Waals surface area contributed by atoms with Crippen LogP contribution in [0.15, 0.2) is 65.1 Å². The minimum atomic E-state index is -0.423. The third kappa shape index (κ3) is 6.31. The summed E-state index contributed by atoms with van der Waals surface area (Å²) >= 11 is 17.1. The van der Waals surface area contributed by atoms with Crippen molar-refractivity contribution < 1.29 is 13.9 Å². The van der Waals surface area contributed by atoms with Gasteiger partial charge in [0.2, 0.25) is 5.89 Å². The van der Waals surface area contributed by atoms with Crippen LogP contribution >= 0.6 is 35.4 Å². The molecular formula is C26H23Cl2N3O3S. The van der Waals surface area contributed by atoms with Gasteiger partial charge in [0.05, 0.1) is 5.02 Å². The highest BCUT2D eigenvalue weighted by molar-refractivity contribution is 7.80. The molecule has 2 N–H and O–H groups in total. The summed E-state index contributed by atoms with van der Waals surface area (Å²) < 4.78 is 11.3. The lowest BCUT2D eigenvalue weighted by Crippen LogP contribution is -2.37. The predicted molar refractivity (Wildman–Crippen MR) is 144 cm³/mol. The lowest BCUT2D eigenvalue weighted by molar-refractivity contribution is -0.121. The Morgan fingerprint density at radius 2 is 1.89 bits per heavy atom. The molecule has 4 rings (SSSR count). The van der Waals surface area contributed by atoms with Gasteiger partial charge in [-0.15, -0.1) is 0 Å². The Bertz CT molecular complexity index is 1370. The molecule has 0 radical (unpaired) electrons. The molecule has 1 atom stereocenters. The Morgan fingerprint density at radius 3 is 2.60 bits per heavy atom. The number of hydrogen-bond acceptors (Lipinski definition) is 5. The van der Waals surface area contributed by atoms with E-state index in [1.807, 2.05) is 30.3 Å². The number of carbonyl (C=O) groups excluding carboxylic acids is 1. The van der Waals surface area contributed by atoms with Crippen LogP contribution in [0, 0.1) is 0 Å². The number of benzene rings is 3. The molecular weight excluding hydrogens is 505 g/mol. The molecule has 0 aliphatic carbocycles. The zero-order valence-electron chi connectivity index (χ0n) is 19.1. The quantitative estimate of drug-likeness (QED) is 0.247. The maximum absolute atomic E-state index is 12.2. The first-order valence-corrected chi connectivity index (χ1v) is 12.2. The van der Waals surface area contributed by atoms with Crippen LogP contribution in [0.1, 0.15) is 31.7 Å². The number of fused-ring (bicyclic) bond motifs is 1. The van der Waals surface area contributed by atoms with Gasteiger partial charge < -0.3 is 14.5 Å². The molecule has 1 aromatic heterocycles. The number of aromatic nitrogens is 1. The maximum atomic E-state index is 12.2. The summed E-state index contributed by atoms with van der Waals surface area (Å²) in [4.78, 5) is 16.8. The number of rotatable bonds is 7. The molecule has 1 amide bonds. The van der Waals surface area contributed by atoms with Gasteiger partial charge in [0.1, 0.15) is 11.3 Å². The molecule has 0 saturated carbocycles. The van der Waals surface area contributed by atoms with Crippen molar-refractivity contribution in [3.8, 4) is 17.2 Å². The number of nitrogens with one attached hydrogen (secondary N) is 2. The van der Waals surface area contributed by atoms with Crippen LogP contribution < -0.4 is 15.4 Å². The molecule has 0 fully saturated rings. The Hall–Kier alpha value is -3.13. The Balaban J connectivity index is 1.33. The summed E-state index contributed by atoms with van der Waals surface area (Å²) in [5, 5.41) is 6.49. The number of thiocarbonyl (C=S) groups is 1. The molecule has 0 saturated heterocycles. The van der Waals surface area contributed by atoms with Crippen LogP contribution in [0.25, 0.3) is 22.6 Å². The van der Waals surface area contributed by atoms with Gasteiger partial charge in [-0.1, -0.05) is 43.1 Å². The van der Waals surface area contributed by atoms with E-state index < -0.39 is 5.91 Å². The van der Waals surface area contributed by atoms with Gasteiger partial charge in [0.15, 0.2) is 17.3 Å². The van der Waals surface area contributed by atoms with E-state index in [2.05, 4.69) is 41.6 Å². The van der Waals surface area contributed by atoms with E-state index in [-0.39, 0.29) is 11.7 Å². The van der Waals surface area contributed by atoms with Crippen LogP contribution in [0.2, 0.25) is 10.0 Å². The van der Waals surface area contributed by atoms with Gasteiger partial charge >= 0.3 is 0 Å². The van der Waals surface area contributed by atoms with Gasteiger partial charge in [0.25, 0.3) is 5.91 Å². The average Bonchev–Trinajstić information content (AvgIpc) is 3.27. The van der Waals surface area contributed by atoms with Crippen molar-refractivity contribution in [1.29, 1.82) is 0 Å². The number of halogens is 2. The first-order chi connectivity index (χ1) is 16.8. The normalized spacial score (nSPS) is 11.8. The van der Waals surface area contributed by atoms with Crippen molar-refractivity contribution in [2.45, 2.75) is 26.2 Å². The Kier molecular flexibility index (Phi) is 7.90. The molecule has 35 heavy (non-hydrogen) atoms. The van der Waals surface area contributed by atoms with Crippen LogP contribution in [-0.2, 0) is 4.79 Å². The fraction of sp³-hybridized carbons (Fsp3) is 0.192. The molecule has 3 aromatic carbocycles. The van der Waals surface area contributed by atoms with Crippen molar-refractivity contribution in [2.75, 3.05) is 11.9 Å². The van der Waals surface area contributed by atoms with E-state index in [0.29, 0.717) is 33.3 Å². The lowest BCUT2D eigenvalue weighted by Gasteiger charge is -2.11.